The minimum Gasteiger partial charge on any atom is -0.497 e. The highest BCUT2D eigenvalue weighted by molar-refractivity contribution is 14.0. The van der Waals surface area contributed by atoms with Crippen molar-refractivity contribution < 1.29 is 13.9 Å². The van der Waals surface area contributed by atoms with Crippen molar-refractivity contribution in [1.82, 2.24) is 10.6 Å². The molecule has 4 N–H and O–H groups in total. The Morgan fingerprint density at radius 1 is 1.10 bits per heavy atom. The second kappa shape index (κ2) is 13.0. The Balaban J connectivity index is 0.00000420. The van der Waals surface area contributed by atoms with Gasteiger partial charge in [-0.3, -0.25) is 9.79 Å². The molecule has 0 radical (unpaired) electrons. The third kappa shape index (κ3) is 8.68. The van der Waals surface area contributed by atoms with E-state index in [-0.39, 0.29) is 29.8 Å². The van der Waals surface area contributed by atoms with Gasteiger partial charge in [-0.25, -0.2) is 4.39 Å². The predicted molar refractivity (Wildman–Crippen MR) is 124 cm³/mol. The molecule has 29 heavy (non-hydrogen) atoms. The van der Waals surface area contributed by atoms with E-state index in [1.165, 1.54) is 17.7 Å². The number of nitrogens with zero attached hydrogens (tertiary/aromatic N) is 1. The van der Waals surface area contributed by atoms with Gasteiger partial charge in [-0.15, -0.1) is 24.0 Å². The number of primary amides is 1. The fraction of sp³-hybridized carbons (Fsp3) is 0.333. The van der Waals surface area contributed by atoms with Crippen molar-refractivity contribution in [2.75, 3.05) is 27.2 Å². The van der Waals surface area contributed by atoms with Crippen molar-refractivity contribution in [1.29, 1.82) is 0 Å². The summed E-state index contributed by atoms with van der Waals surface area (Å²) in [6.45, 7) is 1.03. The first-order valence-corrected chi connectivity index (χ1v) is 9.13. The van der Waals surface area contributed by atoms with E-state index in [4.69, 9.17) is 10.5 Å². The van der Waals surface area contributed by atoms with Crippen LogP contribution >= 0.6 is 24.0 Å². The predicted octanol–water partition coefficient (Wildman–Crippen LogP) is 2.50. The molecule has 0 saturated heterocycles. The lowest BCUT2D eigenvalue weighted by Gasteiger charge is -2.17. The van der Waals surface area contributed by atoms with Gasteiger partial charge in [0, 0.05) is 20.1 Å². The van der Waals surface area contributed by atoms with Crippen LogP contribution in [0.15, 0.2) is 53.5 Å². The number of halogens is 2. The molecule has 0 fully saturated rings. The Bertz CT molecular complexity index is 782. The third-order valence-electron chi connectivity index (χ3n) is 4.40. The van der Waals surface area contributed by atoms with Crippen molar-refractivity contribution in [3.8, 4) is 5.75 Å². The molecule has 0 saturated carbocycles. The zero-order valence-corrected chi connectivity index (χ0v) is 19.0. The first kappa shape index (κ1) is 24.7. The molecule has 158 valence electrons. The molecule has 2 aromatic carbocycles. The van der Waals surface area contributed by atoms with Crippen LogP contribution in [-0.2, 0) is 17.6 Å². The lowest BCUT2D eigenvalue weighted by atomic mass is 9.98. The average molecular weight is 514 g/mol. The number of hydrogen-bond donors (Lipinski definition) is 3. The number of hydrogen-bond acceptors (Lipinski definition) is 3. The number of carbonyl (C=O) groups excluding carboxylic acids is 1. The number of amides is 1. The van der Waals surface area contributed by atoms with Crippen LogP contribution < -0.4 is 21.1 Å². The normalized spacial score (nSPS) is 11.9. The van der Waals surface area contributed by atoms with Crippen molar-refractivity contribution in [2.45, 2.75) is 12.8 Å². The van der Waals surface area contributed by atoms with Gasteiger partial charge in [0.25, 0.3) is 0 Å². The molecule has 2 rings (SSSR count). The summed E-state index contributed by atoms with van der Waals surface area (Å²) in [4.78, 5) is 15.9. The summed E-state index contributed by atoms with van der Waals surface area (Å²) >= 11 is 0. The zero-order valence-electron chi connectivity index (χ0n) is 16.7. The summed E-state index contributed by atoms with van der Waals surface area (Å²) in [5.74, 6) is 0.279. The van der Waals surface area contributed by atoms with Gasteiger partial charge in [-0.1, -0.05) is 24.3 Å². The van der Waals surface area contributed by atoms with Crippen molar-refractivity contribution in [3.63, 3.8) is 0 Å². The van der Waals surface area contributed by atoms with E-state index >= 15 is 0 Å². The van der Waals surface area contributed by atoms with Crippen molar-refractivity contribution >= 4 is 35.8 Å². The maximum atomic E-state index is 13.0. The topological polar surface area (TPSA) is 88.7 Å². The Labute approximate surface area is 188 Å². The fourth-order valence-electron chi connectivity index (χ4n) is 2.74. The number of ether oxygens (including phenoxy) is 1. The van der Waals surface area contributed by atoms with E-state index in [0.717, 1.165) is 17.7 Å². The van der Waals surface area contributed by atoms with Gasteiger partial charge in [0.05, 0.1) is 13.0 Å². The van der Waals surface area contributed by atoms with Crippen LogP contribution in [0.25, 0.3) is 0 Å². The molecule has 1 atom stereocenters. The molecule has 1 unspecified atom stereocenters. The van der Waals surface area contributed by atoms with Crippen molar-refractivity contribution in [2.24, 2.45) is 16.6 Å². The van der Waals surface area contributed by atoms with E-state index in [2.05, 4.69) is 15.6 Å². The molecule has 8 heteroatoms. The summed E-state index contributed by atoms with van der Waals surface area (Å²) < 4.78 is 18.2. The number of guanidine groups is 1. The van der Waals surface area contributed by atoms with Gasteiger partial charge >= 0.3 is 0 Å². The minimum absolute atomic E-state index is 0. The van der Waals surface area contributed by atoms with E-state index < -0.39 is 11.8 Å². The highest BCUT2D eigenvalue weighted by Crippen LogP contribution is 2.11. The Morgan fingerprint density at radius 3 is 2.28 bits per heavy atom. The Morgan fingerprint density at radius 2 is 1.72 bits per heavy atom. The maximum Gasteiger partial charge on any atom is 0.222 e. The van der Waals surface area contributed by atoms with E-state index in [9.17, 15) is 9.18 Å². The second-order valence-electron chi connectivity index (χ2n) is 6.41. The molecule has 0 aliphatic rings. The maximum absolute atomic E-state index is 13.0. The third-order valence-corrected chi connectivity index (χ3v) is 4.40. The zero-order chi connectivity index (χ0) is 20.4. The lowest BCUT2D eigenvalue weighted by molar-refractivity contribution is -0.121. The molecule has 1 amide bonds. The molecular weight excluding hydrogens is 486 g/mol. The molecule has 0 bridgehead atoms. The number of carbonyl (C=O) groups is 1. The Hall–Kier alpha value is -2.36. The van der Waals surface area contributed by atoms with E-state index in [1.54, 1.807) is 26.3 Å². The molecule has 2 aromatic rings. The van der Waals surface area contributed by atoms with Crippen LogP contribution in [-0.4, -0.2) is 39.1 Å². The first-order chi connectivity index (χ1) is 13.5. The number of aliphatic imine (C=N–C) groups is 1. The summed E-state index contributed by atoms with van der Waals surface area (Å²) in [6.07, 6.45) is 1.25. The van der Waals surface area contributed by atoms with Crippen LogP contribution in [0.5, 0.6) is 5.75 Å². The van der Waals surface area contributed by atoms with Crippen LogP contribution in [0.4, 0.5) is 4.39 Å². The van der Waals surface area contributed by atoms with Crippen LogP contribution in [0.2, 0.25) is 0 Å². The summed E-state index contributed by atoms with van der Waals surface area (Å²) in [6, 6.07) is 14.0. The van der Waals surface area contributed by atoms with Crippen LogP contribution in [0.1, 0.15) is 11.1 Å². The fourth-order valence-corrected chi connectivity index (χ4v) is 2.74. The lowest BCUT2D eigenvalue weighted by Crippen LogP contribution is -2.43. The van der Waals surface area contributed by atoms with Gasteiger partial charge in [0.2, 0.25) is 5.91 Å². The molecular formula is C21H28FIN4O2. The Kier molecular flexibility index (Phi) is 11.0. The second-order valence-corrected chi connectivity index (χ2v) is 6.41. The standard InChI is InChI=1S/C21H27FN4O2.HI/c1-24-21(25-12-11-15-5-9-19(28-2)10-6-15)26-14-17(20(23)27)13-16-3-7-18(22)8-4-16;/h3-10,17H,11-14H2,1-2H3,(H2,23,27)(H2,24,25,26);1H. The number of nitrogens with two attached hydrogens (primary N) is 1. The van der Waals surface area contributed by atoms with Gasteiger partial charge in [0.1, 0.15) is 11.6 Å². The number of methoxy groups -OCH3 is 1. The number of nitrogens with one attached hydrogen (secondary N) is 2. The molecule has 6 nitrogen and oxygen atoms in total. The molecule has 0 aliphatic heterocycles. The largest absolute Gasteiger partial charge is 0.497 e. The number of rotatable bonds is 9. The smallest absolute Gasteiger partial charge is 0.222 e. The first-order valence-electron chi connectivity index (χ1n) is 9.13. The molecule has 0 aliphatic carbocycles. The highest BCUT2D eigenvalue weighted by Gasteiger charge is 2.16. The van der Waals surface area contributed by atoms with Gasteiger partial charge in [-0.05, 0) is 48.2 Å². The number of benzene rings is 2. The molecule has 0 spiro atoms. The summed E-state index contributed by atoms with van der Waals surface area (Å²) in [5, 5.41) is 6.35. The minimum atomic E-state index is -0.425. The average Bonchev–Trinajstić information content (AvgIpc) is 2.71. The highest BCUT2D eigenvalue weighted by atomic mass is 127. The monoisotopic (exact) mass is 514 g/mol. The van der Waals surface area contributed by atoms with E-state index in [0.29, 0.717) is 25.5 Å². The van der Waals surface area contributed by atoms with Crippen LogP contribution in [0.3, 0.4) is 0 Å². The van der Waals surface area contributed by atoms with E-state index in [1.807, 2.05) is 24.3 Å². The van der Waals surface area contributed by atoms with Crippen molar-refractivity contribution in [3.05, 3.63) is 65.5 Å². The molecule has 0 heterocycles. The summed E-state index contributed by atoms with van der Waals surface area (Å²) in [7, 11) is 3.31. The van der Waals surface area contributed by atoms with Gasteiger partial charge < -0.3 is 21.1 Å². The van der Waals surface area contributed by atoms with Gasteiger partial charge in [-0.2, -0.15) is 0 Å². The molecule has 0 aromatic heterocycles. The van der Waals surface area contributed by atoms with Gasteiger partial charge in [0.15, 0.2) is 5.96 Å². The summed E-state index contributed by atoms with van der Waals surface area (Å²) in [5.41, 5.74) is 7.55. The quantitative estimate of drug-likeness (QED) is 0.273. The van der Waals surface area contributed by atoms with Crippen LogP contribution in [0, 0.1) is 11.7 Å². The SMILES string of the molecule is CN=C(NCCc1ccc(OC)cc1)NCC(Cc1ccc(F)cc1)C(N)=O.I.